The molecule has 3 heteroatoms. The highest BCUT2D eigenvalue weighted by molar-refractivity contribution is 5.66. The molecule has 0 unspecified atom stereocenters. The number of ether oxygens (including phenoxy) is 2. The summed E-state index contributed by atoms with van der Waals surface area (Å²) in [6, 6.07) is 0. The predicted octanol–water partition coefficient (Wildman–Crippen LogP) is 2.24. The Hall–Kier alpha value is -1.97. The van der Waals surface area contributed by atoms with Crippen LogP contribution in [-0.2, 0) is 14.3 Å². The Morgan fingerprint density at radius 1 is 1.32 bits per heavy atom. The van der Waals surface area contributed by atoms with Gasteiger partial charge in [0.25, 0.3) is 0 Å². The van der Waals surface area contributed by atoms with Gasteiger partial charge in [-0.05, 0) is 55.4 Å². The molecule has 19 heavy (non-hydrogen) atoms. The molecule has 0 aromatic heterocycles. The highest BCUT2D eigenvalue weighted by Gasteiger charge is 2.08. The van der Waals surface area contributed by atoms with Crippen LogP contribution in [0.1, 0.15) is 26.2 Å². The van der Waals surface area contributed by atoms with Gasteiger partial charge in [0.05, 0.1) is 6.10 Å². The van der Waals surface area contributed by atoms with E-state index in [4.69, 9.17) is 9.47 Å². The van der Waals surface area contributed by atoms with Gasteiger partial charge >= 0.3 is 5.97 Å². The van der Waals surface area contributed by atoms with Crippen LogP contribution in [0.4, 0.5) is 0 Å². The van der Waals surface area contributed by atoms with Crippen LogP contribution in [0.25, 0.3) is 0 Å². The highest BCUT2D eigenvalue weighted by atomic mass is 16.5. The van der Waals surface area contributed by atoms with E-state index in [-0.39, 0.29) is 18.7 Å². The molecule has 0 bridgehead atoms. The zero-order valence-corrected chi connectivity index (χ0v) is 11.1. The standard InChI is InChI=1S/C16H18O3/c1-15(17)18-13-9-6-4-2-3-5-7-11-16-12-8-10-14-19-16/h6-7,9,11,16H,8,10,12-14H2,1H3/b9-6+,11-7+/t16-/m1/s1. The summed E-state index contributed by atoms with van der Waals surface area (Å²) in [4.78, 5) is 10.4. The third-order valence-electron chi connectivity index (χ3n) is 2.40. The maximum atomic E-state index is 10.4. The molecule has 0 aliphatic carbocycles. The summed E-state index contributed by atoms with van der Waals surface area (Å²) in [7, 11) is 0. The van der Waals surface area contributed by atoms with Crippen molar-refractivity contribution in [2.45, 2.75) is 32.3 Å². The lowest BCUT2D eigenvalue weighted by Gasteiger charge is -2.18. The number of hydrogen-bond acceptors (Lipinski definition) is 3. The number of hydrogen-bond donors (Lipinski definition) is 0. The third-order valence-corrected chi connectivity index (χ3v) is 2.40. The van der Waals surface area contributed by atoms with Gasteiger partial charge in [-0.1, -0.05) is 11.8 Å². The SMILES string of the molecule is CC(=O)OC/C=C/C#CC#C/C=C/[C@@H]1CCCCO1. The fourth-order valence-corrected chi connectivity index (χ4v) is 1.50. The van der Waals surface area contributed by atoms with Crippen LogP contribution in [0, 0.1) is 23.7 Å². The van der Waals surface area contributed by atoms with Crippen LogP contribution in [-0.4, -0.2) is 25.3 Å². The van der Waals surface area contributed by atoms with Crippen molar-refractivity contribution in [3.8, 4) is 23.7 Å². The maximum absolute atomic E-state index is 10.4. The van der Waals surface area contributed by atoms with Gasteiger partial charge in [-0.15, -0.1) is 0 Å². The normalized spacial score (nSPS) is 18.5. The van der Waals surface area contributed by atoms with Crippen LogP contribution >= 0.6 is 0 Å². The summed E-state index contributed by atoms with van der Waals surface area (Å²) in [6.07, 6.45) is 10.7. The molecule has 1 aliphatic heterocycles. The number of allylic oxidation sites excluding steroid dienone is 2. The van der Waals surface area contributed by atoms with Crippen molar-refractivity contribution in [3.63, 3.8) is 0 Å². The van der Waals surface area contributed by atoms with Crippen molar-refractivity contribution in [1.29, 1.82) is 0 Å². The Morgan fingerprint density at radius 3 is 2.79 bits per heavy atom. The Kier molecular flexibility index (Phi) is 7.94. The lowest BCUT2D eigenvalue weighted by molar-refractivity contribution is -0.139. The molecule has 0 amide bonds. The van der Waals surface area contributed by atoms with Gasteiger partial charge in [0.1, 0.15) is 6.61 Å². The van der Waals surface area contributed by atoms with Gasteiger partial charge < -0.3 is 9.47 Å². The van der Waals surface area contributed by atoms with Gasteiger partial charge in [-0.25, -0.2) is 0 Å². The molecule has 0 saturated carbocycles. The van der Waals surface area contributed by atoms with Crippen LogP contribution in [0.3, 0.4) is 0 Å². The van der Waals surface area contributed by atoms with Crippen LogP contribution in [0.15, 0.2) is 24.3 Å². The van der Waals surface area contributed by atoms with Gasteiger partial charge in [-0.2, -0.15) is 0 Å². The van der Waals surface area contributed by atoms with E-state index in [9.17, 15) is 4.79 Å². The fourth-order valence-electron chi connectivity index (χ4n) is 1.50. The lowest BCUT2D eigenvalue weighted by atomic mass is 10.1. The van der Waals surface area contributed by atoms with Crippen LogP contribution in [0.2, 0.25) is 0 Å². The van der Waals surface area contributed by atoms with Gasteiger partial charge in [-0.3, -0.25) is 4.79 Å². The summed E-state index contributed by atoms with van der Waals surface area (Å²) >= 11 is 0. The summed E-state index contributed by atoms with van der Waals surface area (Å²) in [5.74, 6) is 10.7. The summed E-state index contributed by atoms with van der Waals surface area (Å²) in [5, 5.41) is 0. The van der Waals surface area contributed by atoms with E-state index in [0.717, 1.165) is 19.4 Å². The van der Waals surface area contributed by atoms with E-state index in [1.165, 1.54) is 13.3 Å². The van der Waals surface area contributed by atoms with E-state index < -0.39 is 0 Å². The first-order chi connectivity index (χ1) is 9.29. The molecule has 1 saturated heterocycles. The van der Waals surface area contributed by atoms with E-state index in [1.54, 1.807) is 18.2 Å². The quantitative estimate of drug-likeness (QED) is 0.575. The van der Waals surface area contributed by atoms with E-state index >= 15 is 0 Å². The second-order valence-corrected chi connectivity index (χ2v) is 4.01. The molecule has 1 heterocycles. The molecular weight excluding hydrogens is 240 g/mol. The molecule has 0 aromatic rings. The zero-order valence-electron chi connectivity index (χ0n) is 11.1. The first kappa shape index (κ1) is 15.1. The maximum Gasteiger partial charge on any atom is 0.302 e. The average Bonchev–Trinajstić information content (AvgIpc) is 2.42. The summed E-state index contributed by atoms with van der Waals surface area (Å²) in [5.41, 5.74) is 0. The second-order valence-electron chi connectivity index (χ2n) is 4.01. The molecular formula is C16H18O3. The van der Waals surface area contributed by atoms with E-state index in [1.807, 2.05) is 6.08 Å². The number of carbonyl (C=O) groups is 1. The largest absolute Gasteiger partial charge is 0.462 e. The molecule has 0 spiro atoms. The molecule has 1 aliphatic rings. The van der Waals surface area contributed by atoms with Gasteiger partial charge in [0.2, 0.25) is 0 Å². The fraction of sp³-hybridized carbons (Fsp3) is 0.438. The number of esters is 1. The minimum absolute atomic E-state index is 0.208. The topological polar surface area (TPSA) is 35.5 Å². The highest BCUT2D eigenvalue weighted by Crippen LogP contribution is 2.12. The first-order valence-electron chi connectivity index (χ1n) is 6.37. The monoisotopic (exact) mass is 258 g/mol. The molecule has 0 radical (unpaired) electrons. The van der Waals surface area contributed by atoms with E-state index in [0.29, 0.717) is 0 Å². The van der Waals surface area contributed by atoms with Crippen LogP contribution in [0.5, 0.6) is 0 Å². The summed E-state index contributed by atoms with van der Waals surface area (Å²) < 4.78 is 10.2. The minimum Gasteiger partial charge on any atom is -0.462 e. The third kappa shape index (κ3) is 8.71. The predicted molar refractivity (Wildman–Crippen MR) is 74.1 cm³/mol. The molecule has 3 nitrogen and oxygen atoms in total. The Bertz CT molecular complexity index is 446. The Balaban J connectivity index is 2.19. The lowest BCUT2D eigenvalue weighted by Crippen LogP contribution is -2.15. The van der Waals surface area contributed by atoms with Gasteiger partial charge in [0.15, 0.2) is 0 Å². The molecule has 0 N–H and O–H groups in total. The van der Waals surface area contributed by atoms with Crippen molar-refractivity contribution in [3.05, 3.63) is 24.3 Å². The van der Waals surface area contributed by atoms with Crippen molar-refractivity contribution in [2.24, 2.45) is 0 Å². The number of rotatable bonds is 3. The molecule has 1 rings (SSSR count). The smallest absolute Gasteiger partial charge is 0.302 e. The minimum atomic E-state index is -0.299. The molecule has 1 atom stereocenters. The Morgan fingerprint density at radius 2 is 2.11 bits per heavy atom. The zero-order chi connectivity index (χ0) is 13.8. The van der Waals surface area contributed by atoms with Crippen molar-refractivity contribution < 1.29 is 14.3 Å². The first-order valence-corrected chi connectivity index (χ1v) is 6.37. The van der Waals surface area contributed by atoms with Crippen molar-refractivity contribution >= 4 is 5.97 Å². The van der Waals surface area contributed by atoms with Gasteiger partial charge in [0, 0.05) is 13.5 Å². The number of carbonyl (C=O) groups excluding carboxylic acids is 1. The van der Waals surface area contributed by atoms with Crippen LogP contribution < -0.4 is 0 Å². The van der Waals surface area contributed by atoms with E-state index in [2.05, 4.69) is 23.7 Å². The van der Waals surface area contributed by atoms with Crippen molar-refractivity contribution in [1.82, 2.24) is 0 Å². The molecule has 100 valence electrons. The summed E-state index contributed by atoms with van der Waals surface area (Å²) in [6.45, 7) is 2.46. The van der Waals surface area contributed by atoms with Crippen molar-refractivity contribution in [2.75, 3.05) is 13.2 Å². The Labute approximate surface area is 114 Å². The molecule has 0 aromatic carbocycles. The average molecular weight is 258 g/mol. The second kappa shape index (κ2) is 10.00. The molecule has 1 fully saturated rings.